The minimum atomic E-state index is -1.67. The fraction of sp³-hybridized carbons (Fsp3) is 1.00. The molecule has 0 aliphatic heterocycles. The molecule has 0 aromatic heterocycles. The van der Waals surface area contributed by atoms with E-state index in [1.807, 2.05) is 4.90 Å². The normalized spacial score (nSPS) is 12.2. The minimum absolute atomic E-state index is 0.803. The average Bonchev–Trinajstić information content (AvgIpc) is 2.68. The van der Waals surface area contributed by atoms with E-state index in [-0.39, 0.29) is 0 Å². The molecule has 0 spiro atoms. The minimum Gasteiger partial charge on any atom is -0.353 e. The summed E-state index contributed by atoms with van der Waals surface area (Å²) in [6, 6.07) is 0. The van der Waals surface area contributed by atoms with Gasteiger partial charge in [-0.2, -0.15) is 0 Å². The van der Waals surface area contributed by atoms with Gasteiger partial charge in [-0.3, -0.25) is 4.90 Å². The Bertz CT molecular complexity index is 290. The van der Waals surface area contributed by atoms with Gasteiger partial charge in [0.15, 0.2) is 0 Å². The van der Waals surface area contributed by atoms with Crippen LogP contribution in [0, 0.1) is 0 Å². The first kappa shape index (κ1) is 28.9. The van der Waals surface area contributed by atoms with Gasteiger partial charge in [0, 0.05) is 20.0 Å². The maximum Gasteiger partial charge on any atom is 0.221 e. The van der Waals surface area contributed by atoms with Crippen molar-refractivity contribution >= 4 is 0 Å². The third-order valence-corrected chi connectivity index (χ3v) is 6.16. The lowest BCUT2D eigenvalue weighted by Gasteiger charge is -2.32. The Labute approximate surface area is 183 Å². The molecule has 3 nitrogen and oxygen atoms in total. The summed E-state index contributed by atoms with van der Waals surface area (Å²) in [7, 11) is 0. The van der Waals surface area contributed by atoms with E-state index in [1.54, 1.807) is 0 Å². The first-order chi connectivity index (χ1) is 14.0. The quantitative estimate of drug-likeness (QED) is 0.133. The van der Waals surface area contributed by atoms with Crippen LogP contribution in [0.15, 0.2) is 0 Å². The van der Waals surface area contributed by atoms with Crippen molar-refractivity contribution in [3.8, 4) is 0 Å². The zero-order chi connectivity index (χ0) is 21.6. The molecule has 0 aromatic carbocycles. The Hall–Kier alpha value is -0.120. The van der Waals surface area contributed by atoms with E-state index in [2.05, 4.69) is 13.8 Å². The summed E-state index contributed by atoms with van der Waals surface area (Å²) >= 11 is 0. The molecule has 0 rings (SSSR count). The van der Waals surface area contributed by atoms with E-state index in [0.29, 0.717) is 0 Å². The van der Waals surface area contributed by atoms with Crippen LogP contribution < -0.4 is 0 Å². The Kier molecular flexibility index (Phi) is 21.0. The maximum atomic E-state index is 10.0. The molecule has 0 atom stereocenters. The molecule has 0 amide bonds. The van der Waals surface area contributed by atoms with Gasteiger partial charge >= 0.3 is 0 Å². The summed E-state index contributed by atoms with van der Waals surface area (Å²) in [5, 5.41) is 20.1. The van der Waals surface area contributed by atoms with Gasteiger partial charge in [-0.1, -0.05) is 129 Å². The van der Waals surface area contributed by atoms with E-state index in [4.69, 9.17) is 0 Å². The first-order valence-electron chi connectivity index (χ1n) is 13.2. The molecule has 2 N–H and O–H groups in total. The monoisotopic (exact) mass is 413 g/mol. The molecule has 0 saturated heterocycles. The van der Waals surface area contributed by atoms with Crippen LogP contribution in [0.25, 0.3) is 0 Å². The van der Waals surface area contributed by atoms with E-state index in [0.717, 1.165) is 25.9 Å². The molecule has 0 saturated carbocycles. The predicted molar refractivity (Wildman–Crippen MR) is 128 cm³/mol. The summed E-state index contributed by atoms with van der Waals surface area (Å²) < 4.78 is 0. The van der Waals surface area contributed by atoms with Crippen LogP contribution in [-0.2, 0) is 0 Å². The zero-order valence-electron chi connectivity index (χ0n) is 20.4. The highest BCUT2D eigenvalue weighted by Crippen LogP contribution is 2.15. The molecule has 0 heterocycles. The van der Waals surface area contributed by atoms with Crippen molar-refractivity contribution in [3.63, 3.8) is 0 Å². The fourth-order valence-corrected chi connectivity index (χ4v) is 4.12. The molecule has 176 valence electrons. The van der Waals surface area contributed by atoms with Gasteiger partial charge in [0.05, 0.1) is 0 Å². The van der Waals surface area contributed by atoms with Gasteiger partial charge in [0.2, 0.25) is 5.91 Å². The molecule has 0 fully saturated rings. The third kappa shape index (κ3) is 20.9. The van der Waals surface area contributed by atoms with Crippen molar-refractivity contribution in [3.05, 3.63) is 0 Å². The zero-order valence-corrected chi connectivity index (χ0v) is 20.4. The van der Waals surface area contributed by atoms with Crippen molar-refractivity contribution in [2.24, 2.45) is 0 Å². The second-order valence-electron chi connectivity index (χ2n) is 9.32. The Morgan fingerprint density at radius 1 is 0.448 bits per heavy atom. The van der Waals surface area contributed by atoms with Gasteiger partial charge in [-0.15, -0.1) is 0 Å². The highest BCUT2D eigenvalue weighted by molar-refractivity contribution is 4.64. The summed E-state index contributed by atoms with van der Waals surface area (Å²) in [6.07, 6.45) is 26.3. The van der Waals surface area contributed by atoms with Crippen molar-refractivity contribution in [1.82, 2.24) is 4.90 Å². The van der Waals surface area contributed by atoms with Gasteiger partial charge < -0.3 is 10.2 Å². The molecule has 0 radical (unpaired) electrons. The van der Waals surface area contributed by atoms with E-state index < -0.39 is 5.91 Å². The van der Waals surface area contributed by atoms with Crippen molar-refractivity contribution in [1.29, 1.82) is 0 Å². The Morgan fingerprint density at radius 2 is 0.690 bits per heavy atom. The summed E-state index contributed by atoms with van der Waals surface area (Å²) in [5.74, 6) is -1.67. The number of rotatable bonds is 23. The van der Waals surface area contributed by atoms with Crippen LogP contribution in [0.2, 0.25) is 0 Å². The average molecular weight is 414 g/mol. The van der Waals surface area contributed by atoms with Crippen molar-refractivity contribution in [2.75, 3.05) is 13.1 Å². The van der Waals surface area contributed by atoms with Crippen LogP contribution in [0.4, 0.5) is 0 Å². The first-order valence-corrected chi connectivity index (χ1v) is 13.2. The Morgan fingerprint density at radius 3 is 0.931 bits per heavy atom. The molecule has 0 bridgehead atoms. The van der Waals surface area contributed by atoms with E-state index in [1.165, 1.54) is 122 Å². The number of aliphatic hydroxyl groups is 2. The van der Waals surface area contributed by atoms with Crippen LogP contribution in [0.3, 0.4) is 0 Å². The third-order valence-electron chi connectivity index (χ3n) is 6.16. The van der Waals surface area contributed by atoms with Crippen LogP contribution in [0.5, 0.6) is 0 Å². The van der Waals surface area contributed by atoms with Gasteiger partial charge in [0.1, 0.15) is 0 Å². The van der Waals surface area contributed by atoms with Gasteiger partial charge in [-0.05, 0) is 12.8 Å². The van der Waals surface area contributed by atoms with Crippen LogP contribution in [-0.4, -0.2) is 34.1 Å². The van der Waals surface area contributed by atoms with E-state index >= 15 is 0 Å². The standard InChI is InChI=1S/C26H55NO2/c1-4-6-8-10-12-14-16-18-20-22-24-27(26(3,28)29)25-23-21-19-17-15-13-11-9-7-5-2/h28-29H,4-25H2,1-3H3. The lowest BCUT2D eigenvalue weighted by atomic mass is 10.1. The number of hydrogen-bond acceptors (Lipinski definition) is 3. The molecule has 29 heavy (non-hydrogen) atoms. The topological polar surface area (TPSA) is 43.7 Å². The molecular formula is C26H55NO2. The van der Waals surface area contributed by atoms with Crippen LogP contribution >= 0.6 is 0 Å². The molecular weight excluding hydrogens is 358 g/mol. The molecule has 3 heteroatoms. The molecule has 0 aliphatic rings. The number of unbranched alkanes of at least 4 members (excludes halogenated alkanes) is 18. The maximum absolute atomic E-state index is 10.0. The highest BCUT2D eigenvalue weighted by Gasteiger charge is 2.24. The second kappa shape index (κ2) is 21.1. The van der Waals surface area contributed by atoms with Crippen LogP contribution in [0.1, 0.15) is 149 Å². The highest BCUT2D eigenvalue weighted by atomic mass is 16.5. The fourth-order valence-electron chi connectivity index (χ4n) is 4.12. The number of nitrogens with zero attached hydrogens (tertiary/aromatic N) is 1. The molecule has 0 aliphatic carbocycles. The van der Waals surface area contributed by atoms with Crippen molar-refractivity contribution < 1.29 is 10.2 Å². The largest absolute Gasteiger partial charge is 0.353 e. The molecule has 0 unspecified atom stereocenters. The lowest BCUT2D eigenvalue weighted by Crippen LogP contribution is -2.47. The van der Waals surface area contributed by atoms with Gasteiger partial charge in [0.25, 0.3) is 0 Å². The summed E-state index contributed by atoms with van der Waals surface area (Å²) in [5.41, 5.74) is 0. The van der Waals surface area contributed by atoms with Crippen molar-refractivity contribution in [2.45, 2.75) is 155 Å². The lowest BCUT2D eigenvalue weighted by molar-refractivity contribution is -0.250. The van der Waals surface area contributed by atoms with Gasteiger partial charge in [-0.25, -0.2) is 0 Å². The Balaban J connectivity index is 3.61. The predicted octanol–water partition coefficient (Wildman–Crippen LogP) is 7.79. The summed E-state index contributed by atoms with van der Waals surface area (Å²) in [6.45, 7) is 7.65. The number of hydrogen-bond donors (Lipinski definition) is 2. The SMILES string of the molecule is CCCCCCCCCCCCN(CCCCCCCCCCCC)C(C)(O)O. The second-order valence-corrected chi connectivity index (χ2v) is 9.32. The molecule has 0 aromatic rings. The smallest absolute Gasteiger partial charge is 0.221 e. The van der Waals surface area contributed by atoms with E-state index in [9.17, 15) is 10.2 Å². The summed E-state index contributed by atoms with van der Waals surface area (Å²) in [4.78, 5) is 1.86.